The Morgan fingerprint density at radius 2 is 2.12 bits per heavy atom. The van der Waals surface area contributed by atoms with Gasteiger partial charge in [0, 0.05) is 30.3 Å². The summed E-state index contributed by atoms with van der Waals surface area (Å²) in [5, 5.41) is 4.29. The molecule has 2 N–H and O–H groups in total. The molecule has 0 amide bonds. The van der Waals surface area contributed by atoms with E-state index in [0.29, 0.717) is 17.9 Å². The smallest absolute Gasteiger partial charge is 0.0600 e. The van der Waals surface area contributed by atoms with Gasteiger partial charge in [0.25, 0.3) is 0 Å². The molecule has 5 atom stereocenters. The van der Waals surface area contributed by atoms with Crippen molar-refractivity contribution < 1.29 is 4.74 Å². The third-order valence-electron chi connectivity index (χ3n) is 4.10. The summed E-state index contributed by atoms with van der Waals surface area (Å²) in [6.07, 6.45) is 4.45. The van der Waals surface area contributed by atoms with Crippen molar-refractivity contribution in [3.63, 3.8) is 0 Å². The number of aromatic nitrogens is 2. The molecule has 1 fully saturated rings. The molecule has 0 aromatic carbocycles. The number of hydrogen-bond donors (Lipinski definition) is 1. The summed E-state index contributed by atoms with van der Waals surface area (Å²) in [7, 11) is 0. The van der Waals surface area contributed by atoms with Crippen molar-refractivity contribution in [3.05, 3.63) is 18.0 Å². The standard InChI is InChI=1S/C13H23N3O/c1-5-16-7-11(6-15-16)13(14)12-8(2)9(3)17-10(12)4/h6-10,12-13H,5,14H2,1-4H3. The number of rotatable bonds is 3. The Hall–Kier alpha value is -0.870. The number of nitrogens with zero attached hydrogens (tertiary/aromatic N) is 2. The second-order valence-electron chi connectivity index (χ2n) is 5.14. The van der Waals surface area contributed by atoms with E-state index in [9.17, 15) is 0 Å². The molecule has 1 aromatic rings. The van der Waals surface area contributed by atoms with Crippen LogP contribution >= 0.6 is 0 Å². The van der Waals surface area contributed by atoms with Crippen LogP contribution in [0.5, 0.6) is 0 Å². The Kier molecular flexibility index (Phi) is 3.54. The molecule has 4 heteroatoms. The average Bonchev–Trinajstić information content (AvgIpc) is 2.85. The molecular weight excluding hydrogens is 214 g/mol. The van der Waals surface area contributed by atoms with Gasteiger partial charge >= 0.3 is 0 Å². The molecule has 0 bridgehead atoms. The largest absolute Gasteiger partial charge is 0.375 e. The Bertz CT molecular complexity index is 376. The number of nitrogens with two attached hydrogens (primary N) is 1. The first kappa shape index (κ1) is 12.6. The number of ether oxygens (including phenoxy) is 1. The second kappa shape index (κ2) is 4.78. The zero-order chi connectivity index (χ0) is 12.6. The zero-order valence-electron chi connectivity index (χ0n) is 11.1. The predicted octanol–water partition coefficient (Wildman–Crippen LogP) is 1.96. The van der Waals surface area contributed by atoms with Gasteiger partial charge in [0.05, 0.1) is 18.4 Å². The summed E-state index contributed by atoms with van der Waals surface area (Å²) >= 11 is 0. The fraction of sp³-hybridized carbons (Fsp3) is 0.769. The van der Waals surface area contributed by atoms with Gasteiger partial charge in [-0.1, -0.05) is 6.92 Å². The van der Waals surface area contributed by atoms with Gasteiger partial charge in [-0.2, -0.15) is 5.10 Å². The van der Waals surface area contributed by atoms with Crippen molar-refractivity contribution in [2.45, 2.75) is 52.5 Å². The molecule has 1 aromatic heterocycles. The van der Waals surface area contributed by atoms with E-state index in [1.807, 2.05) is 17.1 Å². The van der Waals surface area contributed by atoms with Crippen molar-refractivity contribution in [2.24, 2.45) is 17.6 Å². The molecule has 1 aliphatic heterocycles. The SMILES string of the molecule is CCn1cc(C(N)C2C(C)OC(C)C2C)cn1. The molecule has 1 aliphatic rings. The minimum atomic E-state index is 0.0187. The molecule has 96 valence electrons. The lowest BCUT2D eigenvalue weighted by molar-refractivity contribution is 0.0489. The van der Waals surface area contributed by atoms with Crippen molar-refractivity contribution in [1.29, 1.82) is 0 Å². The lowest BCUT2D eigenvalue weighted by Gasteiger charge is -2.24. The Morgan fingerprint density at radius 3 is 2.59 bits per heavy atom. The lowest BCUT2D eigenvalue weighted by atomic mass is 9.82. The minimum absolute atomic E-state index is 0.0187. The molecular formula is C13H23N3O. The highest BCUT2D eigenvalue weighted by atomic mass is 16.5. The highest BCUT2D eigenvalue weighted by Gasteiger charge is 2.41. The van der Waals surface area contributed by atoms with Crippen LogP contribution in [0.4, 0.5) is 0 Å². The van der Waals surface area contributed by atoms with Crippen LogP contribution in [0.15, 0.2) is 12.4 Å². The quantitative estimate of drug-likeness (QED) is 0.874. The molecule has 0 spiro atoms. The van der Waals surface area contributed by atoms with E-state index in [-0.39, 0.29) is 12.1 Å². The van der Waals surface area contributed by atoms with E-state index in [1.54, 1.807) is 0 Å². The van der Waals surface area contributed by atoms with Gasteiger partial charge in [-0.3, -0.25) is 4.68 Å². The van der Waals surface area contributed by atoms with Gasteiger partial charge in [0.15, 0.2) is 0 Å². The third-order valence-corrected chi connectivity index (χ3v) is 4.10. The fourth-order valence-corrected chi connectivity index (χ4v) is 2.86. The lowest BCUT2D eigenvalue weighted by Crippen LogP contribution is -2.30. The van der Waals surface area contributed by atoms with E-state index < -0.39 is 0 Å². The summed E-state index contributed by atoms with van der Waals surface area (Å²) < 4.78 is 7.77. The maximum Gasteiger partial charge on any atom is 0.0600 e. The number of hydrogen-bond acceptors (Lipinski definition) is 3. The first-order chi connectivity index (χ1) is 8.04. The van der Waals surface area contributed by atoms with Gasteiger partial charge in [-0.05, 0) is 26.7 Å². The average molecular weight is 237 g/mol. The van der Waals surface area contributed by atoms with Crippen LogP contribution in [-0.4, -0.2) is 22.0 Å². The van der Waals surface area contributed by atoms with E-state index >= 15 is 0 Å². The Labute approximate surface area is 103 Å². The topological polar surface area (TPSA) is 53.1 Å². The maximum absolute atomic E-state index is 6.38. The van der Waals surface area contributed by atoms with E-state index in [0.717, 1.165) is 12.1 Å². The molecule has 2 heterocycles. The van der Waals surface area contributed by atoms with Gasteiger partial charge in [-0.25, -0.2) is 0 Å². The molecule has 1 saturated heterocycles. The third kappa shape index (κ3) is 2.24. The summed E-state index contributed by atoms with van der Waals surface area (Å²) in [5.74, 6) is 0.865. The van der Waals surface area contributed by atoms with Gasteiger partial charge in [-0.15, -0.1) is 0 Å². The second-order valence-corrected chi connectivity index (χ2v) is 5.14. The van der Waals surface area contributed by atoms with Crippen LogP contribution in [0.2, 0.25) is 0 Å². The van der Waals surface area contributed by atoms with E-state index in [4.69, 9.17) is 10.5 Å². The highest BCUT2D eigenvalue weighted by Crippen LogP contribution is 2.39. The summed E-state index contributed by atoms with van der Waals surface area (Å²) in [4.78, 5) is 0. The molecule has 4 nitrogen and oxygen atoms in total. The number of aryl methyl sites for hydroxylation is 1. The summed E-state index contributed by atoms with van der Waals surface area (Å²) in [6, 6.07) is 0.0187. The molecule has 17 heavy (non-hydrogen) atoms. The van der Waals surface area contributed by atoms with E-state index in [1.165, 1.54) is 0 Å². The summed E-state index contributed by atoms with van der Waals surface area (Å²) in [6.45, 7) is 9.44. The molecule has 0 saturated carbocycles. The molecule has 0 aliphatic carbocycles. The fourth-order valence-electron chi connectivity index (χ4n) is 2.86. The molecule has 5 unspecified atom stereocenters. The predicted molar refractivity (Wildman–Crippen MR) is 67.5 cm³/mol. The van der Waals surface area contributed by atoms with Crippen molar-refractivity contribution in [2.75, 3.05) is 0 Å². The highest BCUT2D eigenvalue weighted by molar-refractivity contribution is 5.13. The summed E-state index contributed by atoms with van der Waals surface area (Å²) in [5.41, 5.74) is 7.50. The first-order valence-corrected chi connectivity index (χ1v) is 6.48. The van der Waals surface area contributed by atoms with Crippen LogP contribution in [-0.2, 0) is 11.3 Å². The Balaban J connectivity index is 2.16. The monoisotopic (exact) mass is 237 g/mol. The van der Waals surface area contributed by atoms with Crippen molar-refractivity contribution in [3.8, 4) is 0 Å². The molecule has 2 rings (SSSR count). The minimum Gasteiger partial charge on any atom is -0.375 e. The molecule has 0 radical (unpaired) electrons. The van der Waals surface area contributed by atoms with Crippen LogP contribution in [0, 0.1) is 11.8 Å². The van der Waals surface area contributed by atoms with Crippen LogP contribution in [0.3, 0.4) is 0 Å². The normalized spacial score (nSPS) is 35.1. The van der Waals surface area contributed by atoms with Crippen molar-refractivity contribution in [1.82, 2.24) is 9.78 Å². The first-order valence-electron chi connectivity index (χ1n) is 6.48. The maximum atomic E-state index is 6.38. The Morgan fingerprint density at radius 1 is 1.41 bits per heavy atom. The van der Waals surface area contributed by atoms with Crippen LogP contribution in [0.1, 0.15) is 39.3 Å². The zero-order valence-corrected chi connectivity index (χ0v) is 11.1. The van der Waals surface area contributed by atoms with Crippen LogP contribution in [0.25, 0.3) is 0 Å². The van der Waals surface area contributed by atoms with Crippen molar-refractivity contribution >= 4 is 0 Å². The van der Waals surface area contributed by atoms with Gasteiger partial charge in [0.1, 0.15) is 0 Å². The van der Waals surface area contributed by atoms with Crippen LogP contribution < -0.4 is 5.73 Å². The van der Waals surface area contributed by atoms with E-state index in [2.05, 4.69) is 32.8 Å². The van der Waals surface area contributed by atoms with Gasteiger partial charge < -0.3 is 10.5 Å². The van der Waals surface area contributed by atoms with Gasteiger partial charge in [0.2, 0.25) is 0 Å².